The summed E-state index contributed by atoms with van der Waals surface area (Å²) in [6.07, 6.45) is 7.85. The molecule has 0 amide bonds. The Kier molecular flexibility index (Phi) is 4.51. The number of fused-ring (bicyclic) bond motifs is 1. The van der Waals surface area contributed by atoms with Gasteiger partial charge in [0.15, 0.2) is 5.65 Å². The summed E-state index contributed by atoms with van der Waals surface area (Å²) in [5.74, 6) is 0.423. The highest BCUT2D eigenvalue weighted by Gasteiger charge is 2.06. The average molecular weight is 324 g/mol. The molecule has 3 rings (SSSR count). The Morgan fingerprint density at radius 3 is 3.04 bits per heavy atom. The van der Waals surface area contributed by atoms with Gasteiger partial charge in [0.05, 0.1) is 6.20 Å². The van der Waals surface area contributed by atoms with Crippen molar-refractivity contribution in [1.82, 2.24) is 14.6 Å². The maximum absolute atomic E-state index is 13.4. The Labute approximate surface area is 138 Å². The van der Waals surface area contributed by atoms with E-state index in [-0.39, 0.29) is 5.82 Å². The maximum atomic E-state index is 13.4. The van der Waals surface area contributed by atoms with E-state index >= 15 is 0 Å². The second kappa shape index (κ2) is 6.91. The third kappa shape index (κ3) is 3.40. The number of benzene rings is 1. The molecule has 7 heteroatoms. The van der Waals surface area contributed by atoms with Crippen molar-refractivity contribution in [1.29, 1.82) is 5.41 Å². The standard InChI is InChI=1S/C17H17FN6/c1-12-3-4-14(18)9-13(12)10-21-16-5-8-24-17(23-16)15(11-22-24)20-7-2-6-19/h2-9,11,19-20H,10H2,1H3,(H,21,23)/b7-2-,19-6?. The highest BCUT2D eigenvalue weighted by molar-refractivity contribution is 5.72. The molecule has 0 bridgehead atoms. The molecule has 2 aromatic heterocycles. The van der Waals surface area contributed by atoms with Crippen LogP contribution in [0.3, 0.4) is 0 Å². The molecule has 0 atom stereocenters. The lowest BCUT2D eigenvalue weighted by molar-refractivity contribution is 0.625. The van der Waals surface area contributed by atoms with Gasteiger partial charge in [0.2, 0.25) is 0 Å². The summed E-state index contributed by atoms with van der Waals surface area (Å²) in [5.41, 5.74) is 3.30. The molecule has 1 aromatic carbocycles. The summed E-state index contributed by atoms with van der Waals surface area (Å²) in [6.45, 7) is 2.43. The molecule has 0 aliphatic carbocycles. The van der Waals surface area contributed by atoms with Gasteiger partial charge >= 0.3 is 0 Å². The fourth-order valence-electron chi connectivity index (χ4n) is 2.27. The Hall–Kier alpha value is -3.22. The summed E-state index contributed by atoms with van der Waals surface area (Å²) < 4.78 is 15.0. The van der Waals surface area contributed by atoms with Crippen molar-refractivity contribution in [2.75, 3.05) is 10.6 Å². The lowest BCUT2D eigenvalue weighted by atomic mass is 10.1. The quantitative estimate of drug-likeness (QED) is 0.608. The van der Waals surface area contributed by atoms with Crippen molar-refractivity contribution in [2.24, 2.45) is 0 Å². The predicted molar refractivity (Wildman–Crippen MR) is 93.0 cm³/mol. The van der Waals surface area contributed by atoms with Crippen LogP contribution in [-0.2, 0) is 6.54 Å². The van der Waals surface area contributed by atoms with Gasteiger partial charge in [-0.2, -0.15) is 5.10 Å². The molecule has 3 N–H and O–H groups in total. The van der Waals surface area contributed by atoms with E-state index in [1.54, 1.807) is 35.3 Å². The number of hydrogen-bond donors (Lipinski definition) is 3. The van der Waals surface area contributed by atoms with Gasteiger partial charge in [0.1, 0.15) is 17.3 Å². The average Bonchev–Trinajstić information content (AvgIpc) is 2.98. The van der Waals surface area contributed by atoms with E-state index in [0.717, 1.165) is 16.8 Å². The monoisotopic (exact) mass is 324 g/mol. The number of allylic oxidation sites excluding steroid dienone is 1. The number of aryl methyl sites for hydroxylation is 1. The molecule has 24 heavy (non-hydrogen) atoms. The number of hydrogen-bond acceptors (Lipinski definition) is 5. The molecule has 0 aliphatic heterocycles. The first-order valence-corrected chi connectivity index (χ1v) is 7.43. The van der Waals surface area contributed by atoms with E-state index in [0.29, 0.717) is 18.0 Å². The van der Waals surface area contributed by atoms with Gasteiger partial charge in [-0.15, -0.1) is 0 Å². The summed E-state index contributed by atoms with van der Waals surface area (Å²) in [6, 6.07) is 6.55. The Morgan fingerprint density at radius 1 is 1.33 bits per heavy atom. The van der Waals surface area contributed by atoms with Crippen molar-refractivity contribution in [3.05, 3.63) is 65.9 Å². The van der Waals surface area contributed by atoms with Gasteiger partial charge < -0.3 is 16.0 Å². The molecule has 3 aromatic rings. The van der Waals surface area contributed by atoms with E-state index < -0.39 is 0 Å². The summed E-state index contributed by atoms with van der Waals surface area (Å²) in [5, 5.41) is 17.4. The molecule has 2 heterocycles. The molecule has 0 saturated heterocycles. The summed E-state index contributed by atoms with van der Waals surface area (Å²) in [7, 11) is 0. The van der Waals surface area contributed by atoms with Crippen LogP contribution in [0, 0.1) is 18.2 Å². The zero-order chi connectivity index (χ0) is 16.9. The number of nitrogens with one attached hydrogen (secondary N) is 3. The van der Waals surface area contributed by atoms with E-state index in [1.807, 2.05) is 13.0 Å². The van der Waals surface area contributed by atoms with Crippen molar-refractivity contribution >= 4 is 23.4 Å². The topological polar surface area (TPSA) is 78.1 Å². The van der Waals surface area contributed by atoms with Crippen LogP contribution < -0.4 is 10.6 Å². The summed E-state index contributed by atoms with van der Waals surface area (Å²) in [4.78, 5) is 4.52. The van der Waals surface area contributed by atoms with Gasteiger partial charge in [-0.1, -0.05) is 6.07 Å². The molecule has 0 radical (unpaired) electrons. The minimum Gasteiger partial charge on any atom is -0.366 e. The fourth-order valence-corrected chi connectivity index (χ4v) is 2.27. The molecule has 0 unspecified atom stereocenters. The molecular weight excluding hydrogens is 307 g/mol. The smallest absolute Gasteiger partial charge is 0.180 e. The molecule has 0 fully saturated rings. The fraction of sp³-hybridized carbons (Fsp3) is 0.118. The van der Waals surface area contributed by atoms with Crippen LogP contribution in [0.4, 0.5) is 15.9 Å². The molecule has 0 saturated carbocycles. The lowest BCUT2D eigenvalue weighted by Gasteiger charge is -2.09. The first kappa shape index (κ1) is 15.7. The number of rotatable bonds is 6. The third-order valence-corrected chi connectivity index (χ3v) is 3.57. The zero-order valence-corrected chi connectivity index (χ0v) is 13.1. The SMILES string of the molecule is Cc1ccc(F)cc1CNc1ccn2ncc(N/C=C\C=N)c2n1. The van der Waals surface area contributed by atoms with Crippen LogP contribution in [0.25, 0.3) is 5.65 Å². The highest BCUT2D eigenvalue weighted by atomic mass is 19.1. The van der Waals surface area contributed by atoms with Crippen molar-refractivity contribution in [2.45, 2.75) is 13.5 Å². The Morgan fingerprint density at radius 2 is 2.21 bits per heavy atom. The Bertz CT molecular complexity index is 899. The second-order valence-corrected chi connectivity index (χ2v) is 5.23. The second-order valence-electron chi connectivity index (χ2n) is 5.23. The predicted octanol–water partition coefficient (Wildman–Crippen LogP) is 3.36. The number of aromatic nitrogens is 3. The van der Waals surface area contributed by atoms with E-state index in [2.05, 4.69) is 20.7 Å². The minimum atomic E-state index is -0.249. The normalized spacial score (nSPS) is 11.1. The van der Waals surface area contributed by atoms with Crippen LogP contribution in [0.2, 0.25) is 0 Å². The number of nitrogens with zero attached hydrogens (tertiary/aromatic N) is 3. The van der Waals surface area contributed by atoms with E-state index in [9.17, 15) is 4.39 Å². The third-order valence-electron chi connectivity index (χ3n) is 3.57. The van der Waals surface area contributed by atoms with E-state index in [1.165, 1.54) is 18.3 Å². The minimum absolute atomic E-state index is 0.249. The summed E-state index contributed by atoms with van der Waals surface area (Å²) >= 11 is 0. The van der Waals surface area contributed by atoms with Crippen LogP contribution in [0.5, 0.6) is 0 Å². The van der Waals surface area contributed by atoms with Crippen LogP contribution >= 0.6 is 0 Å². The van der Waals surface area contributed by atoms with Crippen molar-refractivity contribution in [3.8, 4) is 0 Å². The van der Waals surface area contributed by atoms with Crippen LogP contribution in [-0.4, -0.2) is 20.8 Å². The van der Waals surface area contributed by atoms with Gasteiger partial charge in [0.25, 0.3) is 0 Å². The number of anilines is 2. The molecule has 0 aliphatic rings. The van der Waals surface area contributed by atoms with Gasteiger partial charge in [-0.3, -0.25) is 0 Å². The molecular formula is C17H17FN6. The van der Waals surface area contributed by atoms with Crippen molar-refractivity contribution in [3.63, 3.8) is 0 Å². The molecule has 0 spiro atoms. The van der Waals surface area contributed by atoms with Crippen molar-refractivity contribution < 1.29 is 4.39 Å². The van der Waals surface area contributed by atoms with E-state index in [4.69, 9.17) is 5.41 Å². The first-order valence-electron chi connectivity index (χ1n) is 7.43. The maximum Gasteiger partial charge on any atom is 0.180 e. The molecule has 6 nitrogen and oxygen atoms in total. The van der Waals surface area contributed by atoms with Gasteiger partial charge in [-0.05, 0) is 42.3 Å². The largest absolute Gasteiger partial charge is 0.366 e. The van der Waals surface area contributed by atoms with Crippen LogP contribution in [0.1, 0.15) is 11.1 Å². The van der Waals surface area contributed by atoms with Gasteiger partial charge in [0, 0.05) is 25.2 Å². The zero-order valence-electron chi connectivity index (χ0n) is 13.1. The van der Waals surface area contributed by atoms with Gasteiger partial charge in [-0.25, -0.2) is 13.9 Å². The number of halogens is 1. The highest BCUT2D eigenvalue weighted by Crippen LogP contribution is 2.17. The first-order chi connectivity index (χ1) is 11.7. The molecule has 122 valence electrons. The van der Waals surface area contributed by atoms with Crippen LogP contribution in [0.15, 0.2) is 48.9 Å². The Balaban J connectivity index is 1.79. The lowest BCUT2D eigenvalue weighted by Crippen LogP contribution is -2.04.